The summed E-state index contributed by atoms with van der Waals surface area (Å²) in [5, 5.41) is 5.61. The number of amides is 2. The second-order valence-electron chi connectivity index (χ2n) is 6.38. The summed E-state index contributed by atoms with van der Waals surface area (Å²) in [5.74, 6) is -0.0322. The molecule has 0 heterocycles. The number of Topliss-reactive ketones (excluding diaryl/α,β-unsaturated/α-hetero) is 1. The molecule has 2 atom stereocenters. The largest absolute Gasteiger partial charge is 0.481 e. The third-order valence-corrected chi connectivity index (χ3v) is 3.99. The highest BCUT2D eigenvalue weighted by Crippen LogP contribution is 2.19. The molecule has 142 valence electrons. The number of hydrogen-bond donors (Lipinski definition) is 2. The van der Waals surface area contributed by atoms with Gasteiger partial charge in [-0.25, -0.2) is 0 Å². The Kier molecular flexibility index (Phi) is 6.71. The molecule has 0 spiro atoms. The van der Waals surface area contributed by atoms with Crippen LogP contribution in [-0.2, 0) is 9.59 Å². The van der Waals surface area contributed by atoms with E-state index in [1.807, 2.05) is 25.1 Å². The molecular formula is C21H24N2O4. The van der Waals surface area contributed by atoms with Crippen molar-refractivity contribution < 1.29 is 19.1 Å². The molecule has 0 aliphatic rings. The molecule has 2 aromatic carbocycles. The van der Waals surface area contributed by atoms with Gasteiger partial charge in [0.05, 0.1) is 6.04 Å². The van der Waals surface area contributed by atoms with E-state index in [-0.39, 0.29) is 23.6 Å². The van der Waals surface area contributed by atoms with Gasteiger partial charge in [0.25, 0.3) is 5.91 Å². The van der Waals surface area contributed by atoms with Crippen molar-refractivity contribution in [1.82, 2.24) is 5.32 Å². The first-order valence-electron chi connectivity index (χ1n) is 8.72. The molecule has 0 saturated heterocycles. The third-order valence-electron chi connectivity index (χ3n) is 3.99. The van der Waals surface area contributed by atoms with Crippen molar-refractivity contribution in [2.24, 2.45) is 0 Å². The summed E-state index contributed by atoms with van der Waals surface area (Å²) < 4.78 is 5.66. The second kappa shape index (κ2) is 8.98. The maximum Gasteiger partial charge on any atom is 0.261 e. The molecule has 27 heavy (non-hydrogen) atoms. The average molecular weight is 368 g/mol. The first-order chi connectivity index (χ1) is 12.8. The van der Waals surface area contributed by atoms with E-state index in [1.54, 1.807) is 37.3 Å². The molecule has 0 aromatic heterocycles. The molecule has 0 bridgehead atoms. The van der Waals surface area contributed by atoms with Crippen LogP contribution in [0, 0.1) is 0 Å². The number of ether oxygens (including phenoxy) is 1. The van der Waals surface area contributed by atoms with Gasteiger partial charge in [-0.1, -0.05) is 24.3 Å². The standard InChI is InChI=1S/C21H24N2O4/c1-13(17-7-5-9-19(11-17)23-16(4)25)22-21(26)15(3)27-20-10-6-8-18(12-20)14(2)24/h5-13,15H,1-4H3,(H,22,26)(H,23,25). The van der Waals surface area contributed by atoms with E-state index in [0.717, 1.165) is 5.56 Å². The van der Waals surface area contributed by atoms with E-state index < -0.39 is 6.10 Å². The summed E-state index contributed by atoms with van der Waals surface area (Å²) in [6, 6.07) is 13.8. The lowest BCUT2D eigenvalue weighted by Gasteiger charge is -2.19. The summed E-state index contributed by atoms with van der Waals surface area (Å²) in [5.41, 5.74) is 2.06. The third kappa shape index (κ3) is 5.95. The first-order valence-corrected chi connectivity index (χ1v) is 8.72. The predicted molar refractivity (Wildman–Crippen MR) is 104 cm³/mol. The molecule has 0 fully saturated rings. The average Bonchev–Trinajstić information content (AvgIpc) is 2.61. The highest BCUT2D eigenvalue weighted by Gasteiger charge is 2.18. The van der Waals surface area contributed by atoms with Gasteiger partial charge >= 0.3 is 0 Å². The highest BCUT2D eigenvalue weighted by molar-refractivity contribution is 5.94. The van der Waals surface area contributed by atoms with E-state index in [0.29, 0.717) is 17.0 Å². The molecule has 0 radical (unpaired) electrons. The Morgan fingerprint density at radius 2 is 1.67 bits per heavy atom. The predicted octanol–water partition coefficient (Wildman–Crippen LogP) is 3.49. The van der Waals surface area contributed by atoms with Gasteiger partial charge in [-0.2, -0.15) is 0 Å². The van der Waals surface area contributed by atoms with E-state index in [4.69, 9.17) is 4.74 Å². The van der Waals surface area contributed by atoms with Crippen molar-refractivity contribution >= 4 is 23.3 Å². The van der Waals surface area contributed by atoms with Crippen molar-refractivity contribution in [2.45, 2.75) is 39.8 Å². The first kappa shape index (κ1) is 20.2. The molecule has 2 amide bonds. The van der Waals surface area contributed by atoms with Crippen LogP contribution in [0.5, 0.6) is 5.75 Å². The van der Waals surface area contributed by atoms with Crippen LogP contribution < -0.4 is 15.4 Å². The number of benzene rings is 2. The van der Waals surface area contributed by atoms with E-state index in [1.165, 1.54) is 13.8 Å². The Hall–Kier alpha value is -3.15. The van der Waals surface area contributed by atoms with Crippen molar-refractivity contribution in [3.8, 4) is 5.75 Å². The fraction of sp³-hybridized carbons (Fsp3) is 0.286. The Morgan fingerprint density at radius 3 is 2.33 bits per heavy atom. The van der Waals surface area contributed by atoms with Gasteiger partial charge in [-0.3, -0.25) is 14.4 Å². The van der Waals surface area contributed by atoms with Crippen LogP contribution in [0.15, 0.2) is 48.5 Å². The normalized spacial score (nSPS) is 12.6. The molecule has 2 N–H and O–H groups in total. The van der Waals surface area contributed by atoms with Gasteiger partial charge in [0.1, 0.15) is 5.75 Å². The lowest BCUT2D eigenvalue weighted by Crippen LogP contribution is -2.37. The van der Waals surface area contributed by atoms with Crippen LogP contribution in [-0.4, -0.2) is 23.7 Å². The van der Waals surface area contributed by atoms with E-state index >= 15 is 0 Å². The molecule has 6 heteroatoms. The van der Waals surface area contributed by atoms with E-state index in [9.17, 15) is 14.4 Å². The Bertz CT molecular complexity index is 848. The minimum atomic E-state index is -0.729. The summed E-state index contributed by atoms with van der Waals surface area (Å²) >= 11 is 0. The fourth-order valence-electron chi connectivity index (χ4n) is 2.55. The van der Waals surface area contributed by atoms with Crippen molar-refractivity contribution in [3.63, 3.8) is 0 Å². The van der Waals surface area contributed by atoms with Gasteiger partial charge in [0, 0.05) is 18.2 Å². The maximum absolute atomic E-state index is 12.4. The quantitative estimate of drug-likeness (QED) is 0.733. The molecule has 2 rings (SSSR count). The molecular weight excluding hydrogens is 344 g/mol. The lowest BCUT2D eigenvalue weighted by atomic mass is 10.1. The van der Waals surface area contributed by atoms with E-state index in [2.05, 4.69) is 10.6 Å². The SMILES string of the molecule is CC(=O)Nc1cccc(C(C)NC(=O)C(C)Oc2cccc(C(C)=O)c2)c1. The maximum atomic E-state index is 12.4. The smallest absolute Gasteiger partial charge is 0.261 e. The van der Waals surface area contributed by atoms with Gasteiger partial charge in [0.15, 0.2) is 11.9 Å². The number of nitrogens with one attached hydrogen (secondary N) is 2. The summed E-state index contributed by atoms with van der Waals surface area (Å²) in [4.78, 5) is 35.1. The zero-order valence-electron chi connectivity index (χ0n) is 15.9. The van der Waals surface area contributed by atoms with Gasteiger partial charge in [0.2, 0.25) is 5.91 Å². The molecule has 2 unspecified atom stereocenters. The van der Waals surface area contributed by atoms with Crippen LogP contribution in [0.1, 0.15) is 49.7 Å². The molecule has 6 nitrogen and oxygen atoms in total. The summed E-state index contributed by atoms with van der Waals surface area (Å²) in [7, 11) is 0. The minimum absolute atomic E-state index is 0.0646. The highest BCUT2D eigenvalue weighted by atomic mass is 16.5. The summed E-state index contributed by atoms with van der Waals surface area (Å²) in [6.45, 7) is 6.42. The second-order valence-corrected chi connectivity index (χ2v) is 6.38. The number of carbonyl (C=O) groups excluding carboxylic acids is 3. The summed E-state index contributed by atoms with van der Waals surface area (Å²) in [6.07, 6.45) is -0.729. The van der Waals surface area contributed by atoms with Crippen molar-refractivity contribution in [3.05, 3.63) is 59.7 Å². The monoisotopic (exact) mass is 368 g/mol. The molecule has 0 aliphatic carbocycles. The van der Waals surface area contributed by atoms with Crippen molar-refractivity contribution in [1.29, 1.82) is 0 Å². The zero-order valence-corrected chi connectivity index (χ0v) is 15.9. The number of anilines is 1. The van der Waals surface area contributed by atoms with Gasteiger partial charge in [-0.15, -0.1) is 0 Å². The van der Waals surface area contributed by atoms with Crippen molar-refractivity contribution in [2.75, 3.05) is 5.32 Å². The molecule has 0 aliphatic heterocycles. The number of rotatable bonds is 7. The molecule has 0 saturated carbocycles. The Morgan fingerprint density at radius 1 is 0.963 bits per heavy atom. The van der Waals surface area contributed by atoms with Crippen LogP contribution in [0.2, 0.25) is 0 Å². The van der Waals surface area contributed by atoms with Gasteiger partial charge < -0.3 is 15.4 Å². The Balaban J connectivity index is 2.00. The topological polar surface area (TPSA) is 84.5 Å². The number of ketones is 1. The number of carbonyl (C=O) groups is 3. The minimum Gasteiger partial charge on any atom is -0.481 e. The fourth-order valence-corrected chi connectivity index (χ4v) is 2.55. The van der Waals surface area contributed by atoms with Gasteiger partial charge in [-0.05, 0) is 50.6 Å². The van der Waals surface area contributed by atoms with Crippen LogP contribution in [0.25, 0.3) is 0 Å². The molecule has 2 aromatic rings. The lowest BCUT2D eigenvalue weighted by molar-refractivity contribution is -0.128. The van der Waals surface area contributed by atoms with Crippen LogP contribution in [0.4, 0.5) is 5.69 Å². The zero-order chi connectivity index (χ0) is 20.0. The number of hydrogen-bond acceptors (Lipinski definition) is 4. The Labute approximate surface area is 158 Å². The van der Waals surface area contributed by atoms with Crippen LogP contribution in [0.3, 0.4) is 0 Å². The van der Waals surface area contributed by atoms with Crippen LogP contribution >= 0.6 is 0 Å².